The van der Waals surface area contributed by atoms with Crippen LogP contribution in [-0.4, -0.2) is 46.9 Å². The first-order valence-corrected chi connectivity index (χ1v) is 10.4. The molecule has 0 aliphatic carbocycles. The van der Waals surface area contributed by atoms with Gasteiger partial charge in [0.25, 0.3) is 0 Å². The smallest absolute Gasteiger partial charge is 0.322 e. The van der Waals surface area contributed by atoms with Gasteiger partial charge < -0.3 is 10.2 Å². The Hall–Kier alpha value is -3.22. The first-order chi connectivity index (χ1) is 14.5. The number of urea groups is 1. The number of aryl methyl sites for hydroxylation is 1. The van der Waals surface area contributed by atoms with Crippen LogP contribution < -0.4 is 10.6 Å². The number of likely N-dealkylation sites (tertiary alicyclic amines) is 1. The van der Waals surface area contributed by atoms with Crippen LogP contribution in [0.25, 0.3) is 11.1 Å². The van der Waals surface area contributed by atoms with Gasteiger partial charge in [0.15, 0.2) is 0 Å². The van der Waals surface area contributed by atoms with Crippen molar-refractivity contribution in [3.63, 3.8) is 0 Å². The molecule has 2 aromatic rings. The SMILES string of the molecule is Cc1cc(-c2ccccc2)cc(C2CCCN(C(=O)C3CCC(=O)NC(=O)N3)C2)n1. The van der Waals surface area contributed by atoms with Crippen molar-refractivity contribution >= 4 is 17.8 Å². The molecule has 0 spiro atoms. The van der Waals surface area contributed by atoms with E-state index in [4.69, 9.17) is 4.98 Å². The zero-order valence-electron chi connectivity index (χ0n) is 17.1. The molecule has 0 saturated carbocycles. The lowest BCUT2D eigenvalue weighted by Gasteiger charge is -2.34. The van der Waals surface area contributed by atoms with Crippen LogP contribution in [0.5, 0.6) is 0 Å². The van der Waals surface area contributed by atoms with Gasteiger partial charge in [-0.15, -0.1) is 0 Å². The van der Waals surface area contributed by atoms with Crippen LogP contribution in [0.3, 0.4) is 0 Å². The summed E-state index contributed by atoms with van der Waals surface area (Å²) in [5.74, 6) is -0.330. The predicted octanol–water partition coefficient (Wildman–Crippen LogP) is 2.75. The third-order valence-electron chi connectivity index (χ3n) is 5.75. The van der Waals surface area contributed by atoms with Crippen molar-refractivity contribution in [3.05, 3.63) is 53.9 Å². The summed E-state index contributed by atoms with van der Waals surface area (Å²) in [7, 11) is 0. The molecule has 1 aromatic carbocycles. The van der Waals surface area contributed by atoms with E-state index in [-0.39, 0.29) is 24.2 Å². The molecular formula is C23H26N4O3. The molecule has 2 atom stereocenters. The molecule has 2 aliphatic rings. The van der Waals surface area contributed by atoms with Crippen molar-refractivity contribution in [2.24, 2.45) is 0 Å². The topological polar surface area (TPSA) is 91.4 Å². The Morgan fingerprint density at radius 3 is 2.70 bits per heavy atom. The van der Waals surface area contributed by atoms with Crippen molar-refractivity contribution in [3.8, 4) is 11.1 Å². The minimum atomic E-state index is -0.666. The number of nitrogens with one attached hydrogen (secondary N) is 2. The standard InChI is InChI=1S/C23H26N4O3/c1-15-12-18(16-6-3-2-4-7-16)13-20(24-15)17-8-5-11-27(14-17)22(29)19-9-10-21(28)26-23(30)25-19/h2-4,6-7,12-13,17,19H,5,8-11,14H2,1H3,(H2,25,26,28,30). The monoisotopic (exact) mass is 406 g/mol. The second-order valence-electron chi connectivity index (χ2n) is 8.02. The zero-order valence-corrected chi connectivity index (χ0v) is 17.1. The van der Waals surface area contributed by atoms with E-state index in [0.717, 1.165) is 35.4 Å². The van der Waals surface area contributed by atoms with E-state index < -0.39 is 12.1 Å². The fraction of sp³-hybridized carbons (Fsp3) is 0.391. The number of rotatable bonds is 3. The summed E-state index contributed by atoms with van der Waals surface area (Å²) in [6, 6.07) is 13.1. The summed E-state index contributed by atoms with van der Waals surface area (Å²) in [6.45, 7) is 3.21. The number of nitrogens with zero attached hydrogens (tertiary/aromatic N) is 2. The average Bonchev–Trinajstić information content (AvgIpc) is 2.93. The molecule has 30 heavy (non-hydrogen) atoms. The van der Waals surface area contributed by atoms with E-state index in [1.807, 2.05) is 25.1 Å². The highest BCUT2D eigenvalue weighted by molar-refractivity contribution is 5.98. The van der Waals surface area contributed by atoms with Gasteiger partial charge in [-0.2, -0.15) is 0 Å². The second-order valence-corrected chi connectivity index (χ2v) is 8.02. The second kappa shape index (κ2) is 8.65. The number of aromatic nitrogens is 1. The molecule has 4 rings (SSSR count). The van der Waals surface area contributed by atoms with Gasteiger partial charge in [-0.05, 0) is 49.4 Å². The first kappa shape index (κ1) is 20.1. The summed E-state index contributed by atoms with van der Waals surface area (Å²) in [4.78, 5) is 42.9. The van der Waals surface area contributed by atoms with Gasteiger partial charge >= 0.3 is 6.03 Å². The maximum Gasteiger partial charge on any atom is 0.322 e. The molecule has 0 radical (unpaired) electrons. The van der Waals surface area contributed by atoms with Crippen LogP contribution in [0.4, 0.5) is 4.79 Å². The molecule has 2 unspecified atom stereocenters. The van der Waals surface area contributed by atoms with E-state index in [1.165, 1.54) is 0 Å². The molecule has 7 nitrogen and oxygen atoms in total. The van der Waals surface area contributed by atoms with E-state index in [0.29, 0.717) is 19.5 Å². The Labute approximate surface area is 175 Å². The van der Waals surface area contributed by atoms with E-state index in [1.54, 1.807) is 4.90 Å². The highest BCUT2D eigenvalue weighted by atomic mass is 16.2. The predicted molar refractivity (Wildman–Crippen MR) is 113 cm³/mol. The molecule has 7 heteroatoms. The van der Waals surface area contributed by atoms with Gasteiger partial charge in [-0.1, -0.05) is 30.3 Å². The lowest BCUT2D eigenvalue weighted by Crippen LogP contribution is -2.51. The normalized spacial score (nSPS) is 22.1. The largest absolute Gasteiger partial charge is 0.340 e. The molecule has 2 saturated heterocycles. The van der Waals surface area contributed by atoms with Gasteiger partial charge in [0.2, 0.25) is 11.8 Å². The Balaban J connectivity index is 1.51. The molecule has 3 heterocycles. The summed E-state index contributed by atoms with van der Waals surface area (Å²) in [5.41, 5.74) is 4.22. The minimum absolute atomic E-state index is 0.125. The molecule has 2 fully saturated rings. The third-order valence-corrected chi connectivity index (χ3v) is 5.75. The van der Waals surface area contributed by atoms with Gasteiger partial charge in [-0.3, -0.25) is 19.9 Å². The lowest BCUT2D eigenvalue weighted by molar-refractivity contribution is -0.134. The van der Waals surface area contributed by atoms with Gasteiger partial charge in [0, 0.05) is 36.8 Å². The Kier molecular flexibility index (Phi) is 5.79. The van der Waals surface area contributed by atoms with Gasteiger partial charge in [0.05, 0.1) is 0 Å². The van der Waals surface area contributed by atoms with Crippen molar-refractivity contribution in [1.29, 1.82) is 0 Å². The van der Waals surface area contributed by atoms with Crippen LogP contribution in [0.15, 0.2) is 42.5 Å². The van der Waals surface area contributed by atoms with Crippen LogP contribution in [0.2, 0.25) is 0 Å². The lowest BCUT2D eigenvalue weighted by atomic mass is 9.91. The highest BCUT2D eigenvalue weighted by Crippen LogP contribution is 2.30. The van der Waals surface area contributed by atoms with E-state index in [2.05, 4.69) is 34.9 Å². The number of benzene rings is 1. The number of carbonyl (C=O) groups is 3. The average molecular weight is 406 g/mol. The minimum Gasteiger partial charge on any atom is -0.340 e. The van der Waals surface area contributed by atoms with E-state index >= 15 is 0 Å². The number of piperidine rings is 1. The first-order valence-electron chi connectivity index (χ1n) is 10.4. The van der Waals surface area contributed by atoms with E-state index in [9.17, 15) is 14.4 Å². The fourth-order valence-electron chi connectivity index (χ4n) is 4.26. The number of hydrogen-bond acceptors (Lipinski definition) is 4. The zero-order chi connectivity index (χ0) is 21.1. The summed E-state index contributed by atoms with van der Waals surface area (Å²) in [6.07, 6.45) is 2.32. The Morgan fingerprint density at radius 2 is 1.90 bits per heavy atom. The van der Waals surface area contributed by atoms with Crippen LogP contribution >= 0.6 is 0 Å². The Morgan fingerprint density at radius 1 is 1.10 bits per heavy atom. The van der Waals surface area contributed by atoms with Crippen LogP contribution in [-0.2, 0) is 9.59 Å². The molecule has 0 bridgehead atoms. The van der Waals surface area contributed by atoms with Gasteiger partial charge in [0.1, 0.15) is 6.04 Å². The number of pyridine rings is 1. The van der Waals surface area contributed by atoms with Crippen molar-refractivity contribution in [2.45, 2.75) is 44.6 Å². The van der Waals surface area contributed by atoms with Crippen LogP contribution in [0.1, 0.15) is 43.0 Å². The summed E-state index contributed by atoms with van der Waals surface area (Å²) < 4.78 is 0. The molecule has 4 amide bonds. The van der Waals surface area contributed by atoms with Crippen molar-refractivity contribution < 1.29 is 14.4 Å². The number of imide groups is 1. The highest BCUT2D eigenvalue weighted by Gasteiger charge is 2.33. The number of hydrogen-bond donors (Lipinski definition) is 2. The maximum atomic E-state index is 13.0. The maximum absolute atomic E-state index is 13.0. The summed E-state index contributed by atoms with van der Waals surface area (Å²) >= 11 is 0. The molecule has 2 N–H and O–H groups in total. The Bertz CT molecular complexity index is 960. The number of amides is 4. The molecule has 2 aliphatic heterocycles. The van der Waals surface area contributed by atoms with Gasteiger partial charge in [-0.25, -0.2) is 4.79 Å². The number of carbonyl (C=O) groups excluding carboxylic acids is 3. The van der Waals surface area contributed by atoms with Crippen molar-refractivity contribution in [2.75, 3.05) is 13.1 Å². The molecular weight excluding hydrogens is 380 g/mol. The van der Waals surface area contributed by atoms with Crippen molar-refractivity contribution in [1.82, 2.24) is 20.5 Å². The van der Waals surface area contributed by atoms with Crippen LogP contribution in [0, 0.1) is 6.92 Å². The summed E-state index contributed by atoms with van der Waals surface area (Å²) in [5, 5.41) is 4.85. The quantitative estimate of drug-likeness (QED) is 0.820. The third kappa shape index (κ3) is 4.50. The fourth-order valence-corrected chi connectivity index (χ4v) is 4.26. The molecule has 1 aromatic heterocycles. The molecule has 156 valence electrons.